The first-order valence-electron chi connectivity index (χ1n) is 7.33. The summed E-state index contributed by atoms with van der Waals surface area (Å²) in [5.41, 5.74) is 1.39. The molecule has 0 saturated heterocycles. The molecule has 0 N–H and O–H groups in total. The lowest BCUT2D eigenvalue weighted by atomic mass is 10.1. The maximum Gasteiger partial charge on any atom is 0.351 e. The van der Waals surface area contributed by atoms with E-state index in [0.29, 0.717) is 17.1 Å². The predicted octanol–water partition coefficient (Wildman–Crippen LogP) is 2.65. The average molecular weight is 343 g/mol. The van der Waals surface area contributed by atoms with Crippen molar-refractivity contribution >= 4 is 23.2 Å². The lowest BCUT2D eigenvalue weighted by Gasteiger charge is -2.15. The van der Waals surface area contributed by atoms with Crippen LogP contribution >= 0.6 is 11.3 Å². The van der Waals surface area contributed by atoms with Crippen molar-refractivity contribution in [1.82, 2.24) is 9.88 Å². The highest BCUT2D eigenvalue weighted by Gasteiger charge is 2.21. The van der Waals surface area contributed by atoms with Crippen molar-refractivity contribution in [2.24, 2.45) is 0 Å². The topological polar surface area (TPSA) is 83.3 Å². The number of hydrogen-bond donors (Lipinski definition) is 0. The molecule has 24 heavy (non-hydrogen) atoms. The van der Waals surface area contributed by atoms with E-state index in [2.05, 4.69) is 4.98 Å². The summed E-state index contributed by atoms with van der Waals surface area (Å²) in [4.78, 5) is 30.3. The van der Waals surface area contributed by atoms with Gasteiger partial charge in [-0.15, -0.1) is 11.3 Å². The number of rotatable bonds is 6. The van der Waals surface area contributed by atoms with E-state index in [1.807, 2.05) is 43.3 Å². The molecule has 0 fully saturated rings. The summed E-state index contributed by atoms with van der Waals surface area (Å²) >= 11 is 1.24. The third-order valence-corrected chi connectivity index (χ3v) is 4.23. The number of ether oxygens (including phenoxy) is 1. The van der Waals surface area contributed by atoms with E-state index >= 15 is 0 Å². The summed E-state index contributed by atoms with van der Waals surface area (Å²) in [6.45, 7) is 1.77. The summed E-state index contributed by atoms with van der Waals surface area (Å²) in [7, 11) is 1.57. The third-order valence-electron chi connectivity index (χ3n) is 3.28. The highest BCUT2D eigenvalue weighted by atomic mass is 32.1. The van der Waals surface area contributed by atoms with Gasteiger partial charge in [0.2, 0.25) is 0 Å². The lowest BCUT2D eigenvalue weighted by Crippen LogP contribution is -2.31. The summed E-state index contributed by atoms with van der Waals surface area (Å²) in [6, 6.07) is 11.3. The van der Waals surface area contributed by atoms with Gasteiger partial charge >= 0.3 is 5.97 Å². The Balaban J connectivity index is 2.06. The summed E-state index contributed by atoms with van der Waals surface area (Å²) in [5, 5.41) is 9.27. The van der Waals surface area contributed by atoms with Crippen LogP contribution in [0.25, 0.3) is 11.3 Å². The van der Waals surface area contributed by atoms with Crippen molar-refractivity contribution in [3.8, 4) is 17.3 Å². The maximum atomic E-state index is 12.3. The summed E-state index contributed by atoms with van der Waals surface area (Å²) in [5.74, 6) is -0.914. The largest absolute Gasteiger partial charge is 0.451 e. The first kappa shape index (κ1) is 17.6. The normalized spacial score (nSPS) is 10.0. The third kappa shape index (κ3) is 4.40. The second-order valence-corrected chi connectivity index (χ2v) is 6.28. The van der Waals surface area contributed by atoms with Crippen LogP contribution in [0.15, 0.2) is 30.3 Å². The van der Waals surface area contributed by atoms with Crippen molar-refractivity contribution in [1.29, 1.82) is 5.26 Å². The van der Waals surface area contributed by atoms with Crippen LogP contribution in [0.4, 0.5) is 0 Å². The molecule has 0 aliphatic heterocycles. The van der Waals surface area contributed by atoms with E-state index in [4.69, 9.17) is 10.00 Å². The van der Waals surface area contributed by atoms with Crippen molar-refractivity contribution in [3.63, 3.8) is 0 Å². The van der Waals surface area contributed by atoms with Gasteiger partial charge in [-0.25, -0.2) is 9.78 Å². The van der Waals surface area contributed by atoms with E-state index in [1.54, 1.807) is 7.05 Å². The second-order valence-electron chi connectivity index (χ2n) is 5.08. The van der Waals surface area contributed by atoms with Gasteiger partial charge in [0.15, 0.2) is 6.61 Å². The summed E-state index contributed by atoms with van der Waals surface area (Å²) in [6.07, 6.45) is 0.238. The second kappa shape index (κ2) is 8.22. The number of carbonyl (C=O) groups is 2. The molecule has 0 unspecified atom stereocenters. The first-order valence-corrected chi connectivity index (χ1v) is 8.15. The van der Waals surface area contributed by atoms with Gasteiger partial charge in [-0.2, -0.15) is 5.26 Å². The number of nitriles is 1. The standard InChI is InChI=1S/C17H17N3O3S/c1-12-19-15(13-7-4-3-5-8-13)16(24-12)17(22)23-11-14(21)20(2)10-6-9-18/h3-5,7-8H,6,10-11H2,1-2H3. The highest BCUT2D eigenvalue weighted by Crippen LogP contribution is 2.28. The quantitative estimate of drug-likeness (QED) is 0.753. The van der Waals surface area contributed by atoms with Crippen LogP contribution in [-0.4, -0.2) is 42.0 Å². The van der Waals surface area contributed by atoms with E-state index < -0.39 is 5.97 Å². The van der Waals surface area contributed by atoms with Crippen LogP contribution in [0.1, 0.15) is 21.1 Å². The monoisotopic (exact) mass is 343 g/mol. The number of carbonyl (C=O) groups excluding carboxylic acids is 2. The van der Waals surface area contributed by atoms with Crippen molar-refractivity contribution in [3.05, 3.63) is 40.2 Å². The zero-order chi connectivity index (χ0) is 17.5. The first-order chi connectivity index (χ1) is 11.5. The zero-order valence-electron chi connectivity index (χ0n) is 13.5. The van der Waals surface area contributed by atoms with Gasteiger partial charge in [-0.3, -0.25) is 4.79 Å². The molecule has 0 bridgehead atoms. The number of aryl methyl sites for hydroxylation is 1. The molecule has 2 rings (SSSR count). The van der Waals surface area contributed by atoms with E-state index in [0.717, 1.165) is 10.6 Å². The molecule has 0 aliphatic rings. The van der Waals surface area contributed by atoms with Crippen molar-refractivity contribution in [2.45, 2.75) is 13.3 Å². The number of hydrogen-bond acceptors (Lipinski definition) is 6. The van der Waals surface area contributed by atoms with Crippen molar-refractivity contribution in [2.75, 3.05) is 20.2 Å². The Morgan fingerprint density at radius 2 is 2.04 bits per heavy atom. The number of amides is 1. The number of likely N-dealkylation sites (N-methyl/N-ethyl adjacent to an activating group) is 1. The van der Waals surface area contributed by atoms with Gasteiger partial charge in [0, 0.05) is 19.2 Å². The lowest BCUT2D eigenvalue weighted by molar-refractivity contribution is -0.133. The van der Waals surface area contributed by atoms with E-state index in [-0.39, 0.29) is 18.9 Å². The van der Waals surface area contributed by atoms with E-state index in [1.165, 1.54) is 16.2 Å². The van der Waals surface area contributed by atoms with Crippen LogP contribution < -0.4 is 0 Å². The maximum absolute atomic E-state index is 12.3. The number of benzene rings is 1. The molecule has 0 spiro atoms. The number of esters is 1. The molecule has 0 atom stereocenters. The van der Waals surface area contributed by atoms with E-state index in [9.17, 15) is 9.59 Å². The minimum absolute atomic E-state index is 0.238. The number of nitrogens with zero attached hydrogens (tertiary/aromatic N) is 3. The van der Waals surface area contributed by atoms with Gasteiger partial charge in [0.25, 0.3) is 5.91 Å². The molecule has 2 aromatic rings. The van der Waals surface area contributed by atoms with Crippen LogP contribution in [0.2, 0.25) is 0 Å². The van der Waals surface area contributed by atoms with Crippen LogP contribution in [0.5, 0.6) is 0 Å². The van der Waals surface area contributed by atoms with Gasteiger partial charge in [0.1, 0.15) is 4.88 Å². The Labute approximate surface area is 144 Å². The molecule has 1 amide bonds. The highest BCUT2D eigenvalue weighted by molar-refractivity contribution is 7.14. The van der Waals surface area contributed by atoms with Crippen LogP contribution in [0.3, 0.4) is 0 Å². The minimum atomic E-state index is -0.568. The zero-order valence-corrected chi connectivity index (χ0v) is 14.3. The molecular weight excluding hydrogens is 326 g/mol. The minimum Gasteiger partial charge on any atom is -0.451 e. The van der Waals surface area contributed by atoms with Crippen LogP contribution in [-0.2, 0) is 9.53 Å². The molecule has 1 aromatic heterocycles. The molecule has 7 heteroatoms. The predicted molar refractivity (Wildman–Crippen MR) is 90.4 cm³/mol. The Bertz CT molecular complexity index is 765. The molecule has 0 aliphatic carbocycles. The molecular formula is C17H17N3O3S. The SMILES string of the molecule is Cc1nc(-c2ccccc2)c(C(=O)OCC(=O)N(C)CCC#N)s1. The van der Waals surface area contributed by atoms with Gasteiger partial charge < -0.3 is 9.64 Å². The summed E-state index contributed by atoms with van der Waals surface area (Å²) < 4.78 is 5.12. The molecule has 0 saturated carbocycles. The Morgan fingerprint density at radius 3 is 2.71 bits per heavy atom. The van der Waals surface area contributed by atoms with Crippen molar-refractivity contribution < 1.29 is 14.3 Å². The Hall–Kier alpha value is -2.72. The number of thiazole rings is 1. The smallest absolute Gasteiger partial charge is 0.351 e. The fourth-order valence-electron chi connectivity index (χ4n) is 2.00. The fourth-order valence-corrected chi connectivity index (χ4v) is 2.84. The fraction of sp³-hybridized carbons (Fsp3) is 0.294. The molecule has 0 radical (unpaired) electrons. The average Bonchev–Trinajstić information content (AvgIpc) is 2.99. The van der Waals surface area contributed by atoms with Gasteiger partial charge in [-0.05, 0) is 6.92 Å². The number of aromatic nitrogens is 1. The molecule has 6 nitrogen and oxygen atoms in total. The van der Waals surface area contributed by atoms with Crippen LogP contribution in [0, 0.1) is 18.3 Å². The molecule has 1 heterocycles. The Morgan fingerprint density at radius 1 is 1.33 bits per heavy atom. The molecule has 124 valence electrons. The Kier molecular flexibility index (Phi) is 6.04. The van der Waals surface area contributed by atoms with Gasteiger partial charge in [0.05, 0.1) is 23.2 Å². The van der Waals surface area contributed by atoms with Gasteiger partial charge in [-0.1, -0.05) is 30.3 Å². The molecule has 1 aromatic carbocycles.